The lowest BCUT2D eigenvalue weighted by Crippen LogP contribution is -2.43. The summed E-state index contributed by atoms with van der Waals surface area (Å²) in [5.41, 5.74) is 6.64. The van der Waals surface area contributed by atoms with Crippen LogP contribution in [0.2, 0.25) is 0 Å². The molecule has 0 aliphatic carbocycles. The molecule has 1 fully saturated rings. The van der Waals surface area contributed by atoms with E-state index in [9.17, 15) is 22.8 Å². The van der Waals surface area contributed by atoms with Gasteiger partial charge in [-0.2, -0.15) is 5.10 Å². The number of aromatic nitrogens is 3. The molecule has 0 unspecified atom stereocenters. The van der Waals surface area contributed by atoms with Crippen molar-refractivity contribution in [2.75, 3.05) is 42.3 Å². The third-order valence-corrected chi connectivity index (χ3v) is 10.6. The lowest BCUT2D eigenvalue weighted by Gasteiger charge is -2.26. The van der Waals surface area contributed by atoms with Crippen molar-refractivity contribution >= 4 is 55.9 Å². The summed E-state index contributed by atoms with van der Waals surface area (Å²) >= 11 is 0. The fourth-order valence-electron chi connectivity index (χ4n) is 6.29. The molecule has 2 aromatic heterocycles. The zero-order valence-electron chi connectivity index (χ0n) is 27.8. The number of methoxy groups -OCH3 is 1. The number of Topliss-reactive ketones (excluding diaryl/α,β-unsaturated/α-hetero) is 1. The van der Waals surface area contributed by atoms with Crippen LogP contribution in [0.25, 0.3) is 28.2 Å². The molecule has 256 valence electrons. The molecule has 0 radical (unpaired) electrons. The van der Waals surface area contributed by atoms with Crippen molar-refractivity contribution in [3.63, 3.8) is 0 Å². The number of nitrogens with zero attached hydrogens (tertiary/aromatic N) is 3. The van der Waals surface area contributed by atoms with Gasteiger partial charge in [-0.3, -0.25) is 14.3 Å². The molecule has 14 heteroatoms. The predicted molar refractivity (Wildman–Crippen MR) is 190 cm³/mol. The first-order valence-electron chi connectivity index (χ1n) is 15.9. The van der Waals surface area contributed by atoms with Gasteiger partial charge in [-0.15, -0.1) is 0 Å². The Morgan fingerprint density at radius 3 is 2.36 bits per heavy atom. The predicted octanol–water partition coefficient (Wildman–Crippen LogP) is 5.32. The molecule has 1 saturated heterocycles. The van der Waals surface area contributed by atoms with Crippen molar-refractivity contribution in [2.45, 2.75) is 13.8 Å². The maximum atomic E-state index is 13.7. The Morgan fingerprint density at radius 2 is 1.68 bits per heavy atom. The number of nitrogens with one attached hydrogen (secondary N) is 3. The maximum Gasteiger partial charge on any atom is 0.323 e. The Labute approximate surface area is 287 Å². The van der Waals surface area contributed by atoms with E-state index in [-0.39, 0.29) is 42.0 Å². The smallest absolute Gasteiger partial charge is 0.323 e. The Hall–Kier alpha value is -5.89. The van der Waals surface area contributed by atoms with Crippen LogP contribution in [0.3, 0.4) is 0 Å². The highest BCUT2D eigenvalue weighted by Gasteiger charge is 2.30. The molecule has 2 aliphatic rings. The van der Waals surface area contributed by atoms with Gasteiger partial charge >= 0.3 is 6.03 Å². The number of amides is 3. The van der Waals surface area contributed by atoms with Gasteiger partial charge in [0.2, 0.25) is 5.78 Å². The van der Waals surface area contributed by atoms with Crippen LogP contribution in [0.1, 0.15) is 37.7 Å². The van der Waals surface area contributed by atoms with Crippen molar-refractivity contribution in [1.29, 1.82) is 0 Å². The first kappa shape index (κ1) is 32.6. The third-order valence-electron chi connectivity index (χ3n) is 9.03. The molecule has 2 aliphatic heterocycles. The van der Waals surface area contributed by atoms with Crippen LogP contribution in [0.15, 0.2) is 66.4 Å². The normalized spacial score (nSPS) is 16.0. The number of rotatable bonds is 6. The molecule has 13 nitrogen and oxygen atoms in total. The van der Waals surface area contributed by atoms with E-state index in [1.807, 2.05) is 43.8 Å². The minimum atomic E-state index is -3.10. The van der Waals surface area contributed by atoms with Crippen LogP contribution in [-0.2, 0) is 16.9 Å². The molecule has 4 heterocycles. The number of benzene rings is 3. The minimum Gasteiger partial charge on any atom is -0.497 e. The molecule has 3 N–H and O–H groups in total. The van der Waals surface area contributed by atoms with Gasteiger partial charge in [-0.05, 0) is 80.6 Å². The molecular formula is C36H34N6O7S. The van der Waals surface area contributed by atoms with Gasteiger partial charge in [-0.25, -0.2) is 13.2 Å². The number of hydrogen-bond donors (Lipinski definition) is 3. The average Bonchev–Trinajstić information content (AvgIpc) is 3.69. The third kappa shape index (κ3) is 6.09. The van der Waals surface area contributed by atoms with Gasteiger partial charge < -0.3 is 30.0 Å². The zero-order valence-corrected chi connectivity index (χ0v) is 28.6. The van der Waals surface area contributed by atoms with Gasteiger partial charge in [0.05, 0.1) is 35.6 Å². The van der Waals surface area contributed by atoms with Gasteiger partial charge in [-0.1, -0.05) is 0 Å². The van der Waals surface area contributed by atoms with E-state index >= 15 is 0 Å². The van der Waals surface area contributed by atoms with Crippen LogP contribution in [0, 0.1) is 13.8 Å². The number of hydrogen-bond acceptors (Lipinski definition) is 8. The number of fused-ring (bicyclic) bond motifs is 2. The first-order valence-corrected chi connectivity index (χ1v) is 17.7. The Bertz CT molecular complexity index is 2340. The van der Waals surface area contributed by atoms with E-state index < -0.39 is 15.9 Å². The average molecular weight is 695 g/mol. The standard InChI is InChI=1S/C36H34N6O7S/c1-20-32(21(2)41(3)40-20)33-27(26-18-25(48-4)10-11-29(26)39-33)19-31-34(43)28-17-24(9-12-30(28)49-31)38-36(45)37-23-7-5-22(6-8-23)35(44)42-13-15-50(46,47)16-14-42/h5-12,17-19,39H,13-16H2,1-4H3,(H2,37,38,45). The molecule has 3 amide bonds. The summed E-state index contributed by atoms with van der Waals surface area (Å²) < 4.78 is 36.7. The number of carbonyl (C=O) groups excluding carboxylic acids is 3. The summed E-state index contributed by atoms with van der Waals surface area (Å²) in [6.07, 6.45) is 1.73. The summed E-state index contributed by atoms with van der Waals surface area (Å²) in [6.45, 7) is 4.23. The number of carbonyl (C=O) groups is 3. The first-order chi connectivity index (χ1) is 23.9. The number of sulfone groups is 1. The van der Waals surface area contributed by atoms with Crippen molar-refractivity contribution in [3.05, 3.63) is 94.5 Å². The number of ether oxygens (including phenoxy) is 2. The second kappa shape index (κ2) is 12.5. The highest BCUT2D eigenvalue weighted by atomic mass is 32.2. The van der Waals surface area contributed by atoms with Crippen LogP contribution in [0.4, 0.5) is 16.2 Å². The number of aromatic amines is 1. The number of urea groups is 1. The van der Waals surface area contributed by atoms with Gasteiger partial charge in [0.1, 0.15) is 11.5 Å². The van der Waals surface area contributed by atoms with Crippen molar-refractivity contribution in [3.8, 4) is 22.8 Å². The summed E-state index contributed by atoms with van der Waals surface area (Å²) in [5, 5.41) is 10.9. The number of allylic oxidation sites excluding steroid dienone is 1. The number of aryl methyl sites for hydroxylation is 2. The van der Waals surface area contributed by atoms with Gasteiger partial charge in [0.25, 0.3) is 5.91 Å². The Kier molecular flexibility index (Phi) is 8.18. The number of anilines is 2. The molecule has 7 rings (SSSR count). The molecule has 3 aromatic carbocycles. The van der Waals surface area contributed by atoms with E-state index in [2.05, 4.69) is 20.7 Å². The summed E-state index contributed by atoms with van der Waals surface area (Å²) in [4.78, 5) is 44.4. The van der Waals surface area contributed by atoms with Crippen molar-refractivity contribution in [1.82, 2.24) is 19.7 Å². The molecule has 0 bridgehead atoms. The molecule has 5 aromatic rings. The Balaban J connectivity index is 1.08. The van der Waals surface area contributed by atoms with E-state index in [0.717, 1.165) is 39.1 Å². The highest BCUT2D eigenvalue weighted by molar-refractivity contribution is 7.91. The van der Waals surface area contributed by atoms with Crippen LogP contribution < -0.4 is 20.1 Å². The fourth-order valence-corrected chi connectivity index (χ4v) is 7.49. The van der Waals surface area contributed by atoms with Crippen LogP contribution in [-0.4, -0.2) is 77.5 Å². The highest BCUT2D eigenvalue weighted by Crippen LogP contribution is 2.39. The lowest BCUT2D eigenvalue weighted by molar-refractivity contribution is 0.0770. The van der Waals surface area contributed by atoms with Gasteiger partial charge in [0.15, 0.2) is 15.6 Å². The molecule has 50 heavy (non-hydrogen) atoms. The number of ketones is 1. The summed E-state index contributed by atoms with van der Waals surface area (Å²) in [5.74, 6) is 0.458. The monoisotopic (exact) mass is 694 g/mol. The lowest BCUT2D eigenvalue weighted by atomic mass is 10.0. The SMILES string of the molecule is COc1ccc2[nH]c(-c3c(C)nn(C)c3C)c(C=C3Oc4ccc(NC(=O)Nc5ccc(C(=O)N6CCS(=O)(=O)CC6)cc5)cc4C3=O)c2c1. The van der Waals surface area contributed by atoms with Crippen molar-refractivity contribution in [2.24, 2.45) is 7.05 Å². The van der Waals surface area contributed by atoms with Gasteiger partial charge in [0, 0.05) is 64.8 Å². The summed E-state index contributed by atoms with van der Waals surface area (Å²) in [7, 11) is 0.379. The largest absolute Gasteiger partial charge is 0.497 e. The van der Waals surface area contributed by atoms with Crippen molar-refractivity contribution < 1.29 is 32.3 Å². The van der Waals surface area contributed by atoms with E-state index in [1.54, 1.807) is 55.7 Å². The molecule has 0 spiro atoms. The van der Waals surface area contributed by atoms with Crippen LogP contribution >= 0.6 is 0 Å². The Morgan fingerprint density at radius 1 is 0.980 bits per heavy atom. The second-order valence-electron chi connectivity index (χ2n) is 12.2. The zero-order chi connectivity index (χ0) is 35.3. The summed E-state index contributed by atoms with van der Waals surface area (Å²) in [6, 6.07) is 16.3. The number of H-pyrrole nitrogens is 1. The molecule has 0 atom stereocenters. The van der Waals surface area contributed by atoms with E-state index in [4.69, 9.17) is 9.47 Å². The fraction of sp³-hybridized carbons (Fsp3) is 0.222. The van der Waals surface area contributed by atoms with Crippen LogP contribution in [0.5, 0.6) is 11.5 Å². The molecule has 0 saturated carbocycles. The maximum absolute atomic E-state index is 13.7. The quantitative estimate of drug-likeness (QED) is 0.201. The second-order valence-corrected chi connectivity index (χ2v) is 14.5. The van der Waals surface area contributed by atoms with E-state index in [0.29, 0.717) is 34.0 Å². The minimum absolute atomic E-state index is 0.0527. The topological polar surface area (TPSA) is 165 Å². The molecular weight excluding hydrogens is 660 g/mol. The van der Waals surface area contributed by atoms with E-state index in [1.165, 1.54) is 4.90 Å².